The molecule has 2 heterocycles. The molecule has 1 fully saturated rings. The Morgan fingerprint density at radius 1 is 1.32 bits per heavy atom. The first-order chi connectivity index (χ1) is 9.25. The topological polar surface area (TPSA) is 37.5 Å². The molecule has 1 saturated carbocycles. The minimum Gasteiger partial charge on any atom is -0.387 e. The Kier molecular flexibility index (Phi) is 3.89. The summed E-state index contributed by atoms with van der Waals surface area (Å²) < 4.78 is 2.94. The van der Waals surface area contributed by atoms with Gasteiger partial charge in [0.2, 0.25) is 0 Å². The lowest BCUT2D eigenvalue weighted by Gasteiger charge is -2.25. The molecule has 1 atom stereocenters. The first kappa shape index (κ1) is 13.1. The first-order valence-electron chi connectivity index (χ1n) is 7.04. The summed E-state index contributed by atoms with van der Waals surface area (Å²) in [7, 11) is 0. The minimum absolute atomic E-state index is 0.421. The summed E-state index contributed by atoms with van der Waals surface area (Å²) in [5, 5.41) is 10.6. The molecule has 0 aliphatic heterocycles. The van der Waals surface area contributed by atoms with E-state index in [0.29, 0.717) is 5.92 Å². The van der Waals surface area contributed by atoms with Gasteiger partial charge in [0.05, 0.1) is 29.8 Å². The largest absolute Gasteiger partial charge is 0.387 e. The van der Waals surface area contributed by atoms with Gasteiger partial charge in [-0.05, 0) is 40.4 Å². The molecule has 0 saturated heterocycles. The van der Waals surface area contributed by atoms with Crippen molar-refractivity contribution in [2.24, 2.45) is 5.92 Å². The molecular weight excluding hydrogens is 304 g/mol. The molecule has 0 radical (unpaired) electrons. The van der Waals surface area contributed by atoms with Crippen molar-refractivity contribution in [3.63, 3.8) is 0 Å². The maximum atomic E-state index is 10.6. The second kappa shape index (κ2) is 5.63. The van der Waals surface area contributed by atoms with E-state index in [-0.39, 0.29) is 0 Å². The second-order valence-electron chi connectivity index (χ2n) is 5.51. The van der Waals surface area contributed by atoms with Gasteiger partial charge in [0, 0.05) is 4.47 Å². The van der Waals surface area contributed by atoms with Crippen LogP contribution in [0.2, 0.25) is 0 Å². The zero-order chi connectivity index (χ0) is 13.2. The summed E-state index contributed by atoms with van der Waals surface area (Å²) in [6.07, 6.45) is 10.5. The van der Waals surface area contributed by atoms with E-state index in [1.807, 2.05) is 22.7 Å². The van der Waals surface area contributed by atoms with E-state index in [4.69, 9.17) is 0 Å². The summed E-state index contributed by atoms with van der Waals surface area (Å²) in [4.78, 5) is 4.16. The highest BCUT2D eigenvalue weighted by atomic mass is 79.9. The van der Waals surface area contributed by atoms with Crippen molar-refractivity contribution in [1.29, 1.82) is 0 Å². The Labute approximate surface area is 121 Å². The smallest absolute Gasteiger partial charge is 0.0995 e. The highest BCUT2D eigenvalue weighted by Gasteiger charge is 2.21. The predicted octanol–water partition coefficient (Wildman–Crippen LogP) is 4.10. The molecule has 3 rings (SSSR count). The summed E-state index contributed by atoms with van der Waals surface area (Å²) in [5.41, 5.74) is 1.96. The highest BCUT2D eigenvalue weighted by molar-refractivity contribution is 9.10. The third-order valence-electron chi connectivity index (χ3n) is 4.17. The lowest BCUT2D eigenvalue weighted by Crippen LogP contribution is -2.13. The quantitative estimate of drug-likeness (QED) is 0.923. The van der Waals surface area contributed by atoms with E-state index in [2.05, 4.69) is 20.9 Å². The lowest BCUT2D eigenvalue weighted by molar-refractivity contribution is 0.125. The number of nitrogens with zero attached hydrogens (tertiary/aromatic N) is 2. The molecule has 0 spiro atoms. The standard InChI is InChI=1S/C15H19BrN2O/c16-13-7-6-12-9-17-10-18(12)15(13)14(19)8-11-4-2-1-3-5-11/h6-7,9-11,14,19H,1-5,8H2/t14-/m0/s1. The Balaban J connectivity index is 1.85. The van der Waals surface area contributed by atoms with Crippen molar-refractivity contribution in [1.82, 2.24) is 9.38 Å². The van der Waals surface area contributed by atoms with Gasteiger partial charge in [0.25, 0.3) is 0 Å². The molecule has 19 heavy (non-hydrogen) atoms. The monoisotopic (exact) mass is 322 g/mol. The minimum atomic E-state index is -0.421. The SMILES string of the molecule is O[C@@H](CC1CCCCC1)c1c(Br)ccc2cncn12. The average Bonchev–Trinajstić information content (AvgIpc) is 2.87. The van der Waals surface area contributed by atoms with Gasteiger partial charge in [-0.15, -0.1) is 0 Å². The number of aromatic nitrogens is 2. The maximum absolute atomic E-state index is 10.6. The van der Waals surface area contributed by atoms with Crippen LogP contribution in [0.25, 0.3) is 5.52 Å². The van der Waals surface area contributed by atoms with Crippen LogP contribution < -0.4 is 0 Å². The molecule has 102 valence electrons. The molecule has 0 unspecified atom stereocenters. The van der Waals surface area contributed by atoms with Crippen LogP contribution >= 0.6 is 15.9 Å². The molecule has 1 N–H and O–H groups in total. The van der Waals surface area contributed by atoms with Crippen molar-refractivity contribution in [3.05, 3.63) is 34.8 Å². The molecular formula is C15H19BrN2O. The van der Waals surface area contributed by atoms with Crippen molar-refractivity contribution >= 4 is 21.4 Å². The molecule has 2 aromatic heterocycles. The molecule has 0 amide bonds. The number of hydrogen-bond donors (Lipinski definition) is 1. The third-order valence-corrected chi connectivity index (χ3v) is 4.84. The number of rotatable bonds is 3. The Morgan fingerprint density at radius 3 is 2.89 bits per heavy atom. The van der Waals surface area contributed by atoms with Gasteiger partial charge < -0.3 is 5.11 Å². The van der Waals surface area contributed by atoms with E-state index >= 15 is 0 Å². The Hall–Kier alpha value is -0.870. The fourth-order valence-corrected chi connectivity index (χ4v) is 3.75. The van der Waals surface area contributed by atoms with Crippen molar-refractivity contribution in [2.45, 2.75) is 44.6 Å². The zero-order valence-corrected chi connectivity index (χ0v) is 12.5. The number of halogens is 1. The number of fused-ring (bicyclic) bond motifs is 1. The Bertz CT molecular complexity index is 560. The van der Waals surface area contributed by atoms with Crippen LogP contribution in [-0.4, -0.2) is 14.5 Å². The molecule has 1 aliphatic rings. The molecule has 4 heteroatoms. The van der Waals surface area contributed by atoms with E-state index in [0.717, 1.165) is 22.1 Å². The normalized spacial score (nSPS) is 18.8. The number of pyridine rings is 1. The van der Waals surface area contributed by atoms with Crippen LogP contribution in [0.15, 0.2) is 29.1 Å². The summed E-state index contributed by atoms with van der Waals surface area (Å²) in [6, 6.07) is 4.00. The number of aliphatic hydroxyl groups excluding tert-OH is 1. The van der Waals surface area contributed by atoms with Gasteiger partial charge in [-0.1, -0.05) is 32.1 Å². The highest BCUT2D eigenvalue weighted by Crippen LogP contribution is 2.34. The van der Waals surface area contributed by atoms with Gasteiger partial charge in [-0.3, -0.25) is 4.40 Å². The van der Waals surface area contributed by atoms with Crippen LogP contribution in [0.3, 0.4) is 0 Å². The van der Waals surface area contributed by atoms with Crippen LogP contribution in [0.5, 0.6) is 0 Å². The van der Waals surface area contributed by atoms with Crippen molar-refractivity contribution < 1.29 is 5.11 Å². The van der Waals surface area contributed by atoms with Gasteiger partial charge in [0.1, 0.15) is 0 Å². The third kappa shape index (κ3) is 2.70. The van der Waals surface area contributed by atoms with Crippen molar-refractivity contribution in [3.8, 4) is 0 Å². The molecule has 3 nitrogen and oxygen atoms in total. The van der Waals surface area contributed by atoms with Gasteiger partial charge in [-0.25, -0.2) is 4.98 Å². The fraction of sp³-hybridized carbons (Fsp3) is 0.533. The van der Waals surface area contributed by atoms with Gasteiger partial charge in [-0.2, -0.15) is 0 Å². The lowest BCUT2D eigenvalue weighted by atomic mass is 9.85. The van der Waals surface area contributed by atoms with E-state index in [1.165, 1.54) is 32.1 Å². The maximum Gasteiger partial charge on any atom is 0.0995 e. The summed E-state index contributed by atoms with van der Waals surface area (Å²) in [5.74, 6) is 0.662. The molecule has 2 aromatic rings. The second-order valence-corrected chi connectivity index (χ2v) is 6.36. The van der Waals surface area contributed by atoms with E-state index < -0.39 is 6.10 Å². The predicted molar refractivity (Wildman–Crippen MR) is 79.0 cm³/mol. The first-order valence-corrected chi connectivity index (χ1v) is 7.83. The fourth-order valence-electron chi connectivity index (χ4n) is 3.16. The molecule has 0 bridgehead atoms. The summed E-state index contributed by atoms with van der Waals surface area (Å²) in [6.45, 7) is 0. The van der Waals surface area contributed by atoms with Gasteiger partial charge in [0.15, 0.2) is 0 Å². The van der Waals surface area contributed by atoms with Crippen molar-refractivity contribution in [2.75, 3.05) is 0 Å². The van der Waals surface area contributed by atoms with E-state index in [1.54, 1.807) is 6.33 Å². The van der Waals surface area contributed by atoms with Crippen LogP contribution in [0.1, 0.15) is 50.3 Å². The zero-order valence-electron chi connectivity index (χ0n) is 10.9. The van der Waals surface area contributed by atoms with Crippen LogP contribution in [0, 0.1) is 5.92 Å². The Morgan fingerprint density at radius 2 is 2.11 bits per heavy atom. The number of aliphatic hydroxyl groups is 1. The van der Waals surface area contributed by atoms with Gasteiger partial charge >= 0.3 is 0 Å². The van der Waals surface area contributed by atoms with Crippen LogP contribution in [-0.2, 0) is 0 Å². The number of imidazole rings is 1. The van der Waals surface area contributed by atoms with E-state index in [9.17, 15) is 5.11 Å². The number of hydrogen-bond acceptors (Lipinski definition) is 2. The summed E-state index contributed by atoms with van der Waals surface area (Å²) >= 11 is 3.56. The average molecular weight is 323 g/mol. The van der Waals surface area contributed by atoms with Crippen LogP contribution in [0.4, 0.5) is 0 Å². The molecule has 1 aliphatic carbocycles. The molecule has 0 aromatic carbocycles.